The molecule has 0 amide bonds. The summed E-state index contributed by atoms with van der Waals surface area (Å²) >= 11 is 0. The van der Waals surface area contributed by atoms with Crippen LogP contribution < -0.4 is 0 Å². The Labute approximate surface area is 172 Å². The van der Waals surface area contributed by atoms with Gasteiger partial charge in [0, 0.05) is 37.7 Å². The first-order valence-electron chi connectivity index (χ1n) is 10.9. The average Bonchev–Trinajstić information content (AvgIpc) is 2.95. The molecule has 2 rings (SSSR count). The highest BCUT2D eigenvalue weighted by atomic mass is 28.4. The third-order valence-electron chi connectivity index (χ3n) is 6.47. The van der Waals surface area contributed by atoms with E-state index >= 15 is 0 Å². The molecule has 1 unspecified atom stereocenters. The number of Topliss-reactive ketones (excluding diaryl/α,β-unsaturated/α-hetero) is 2. The molecule has 0 bridgehead atoms. The van der Waals surface area contributed by atoms with E-state index in [1.54, 1.807) is 0 Å². The zero-order valence-corrected chi connectivity index (χ0v) is 19.7. The van der Waals surface area contributed by atoms with Crippen molar-refractivity contribution in [3.63, 3.8) is 0 Å². The second-order valence-electron chi connectivity index (χ2n) is 9.61. The Bertz CT molecular complexity index is 600. The second-order valence-corrected chi connectivity index (χ2v) is 14.4. The fourth-order valence-electron chi connectivity index (χ4n) is 3.68. The molecule has 0 aromatic carbocycles. The number of morpholine rings is 1. The monoisotopic (exact) mass is 409 g/mol. The van der Waals surface area contributed by atoms with Crippen molar-refractivity contribution in [1.82, 2.24) is 4.90 Å². The van der Waals surface area contributed by atoms with Gasteiger partial charge in [0.2, 0.25) is 0 Å². The average molecular weight is 410 g/mol. The first kappa shape index (κ1) is 23.3. The van der Waals surface area contributed by atoms with Crippen molar-refractivity contribution >= 4 is 19.9 Å². The minimum Gasteiger partial charge on any atom is -0.417 e. The van der Waals surface area contributed by atoms with Crippen molar-refractivity contribution in [2.24, 2.45) is 5.92 Å². The van der Waals surface area contributed by atoms with E-state index in [2.05, 4.69) is 45.7 Å². The Hall–Kier alpha value is -0.983. The highest BCUT2D eigenvalue weighted by Gasteiger charge is 2.39. The smallest absolute Gasteiger partial charge is 0.191 e. The van der Waals surface area contributed by atoms with Crippen LogP contribution in [0.3, 0.4) is 0 Å². The molecule has 0 spiro atoms. The maximum absolute atomic E-state index is 13.0. The summed E-state index contributed by atoms with van der Waals surface area (Å²) in [5, 5.41) is 0.165. The van der Waals surface area contributed by atoms with E-state index in [0.717, 1.165) is 31.6 Å². The third kappa shape index (κ3) is 5.54. The molecule has 1 heterocycles. The Morgan fingerprint density at radius 2 is 1.89 bits per heavy atom. The van der Waals surface area contributed by atoms with Gasteiger partial charge in [0.05, 0.1) is 18.8 Å². The van der Waals surface area contributed by atoms with Gasteiger partial charge in [-0.05, 0) is 37.4 Å². The maximum atomic E-state index is 13.0. The molecule has 2 aliphatic rings. The summed E-state index contributed by atoms with van der Waals surface area (Å²) < 4.78 is 11.6. The number of carbonyl (C=O) groups is 2. The Morgan fingerprint density at radius 1 is 1.25 bits per heavy atom. The number of nitrogens with zero attached hydrogens (tertiary/aromatic N) is 1. The lowest BCUT2D eigenvalue weighted by molar-refractivity contribution is -0.123. The molecule has 0 N–H and O–H groups in total. The molecule has 0 aromatic heterocycles. The first-order valence-corrected chi connectivity index (χ1v) is 13.8. The van der Waals surface area contributed by atoms with Crippen LogP contribution in [0.15, 0.2) is 11.3 Å². The van der Waals surface area contributed by atoms with Crippen molar-refractivity contribution in [3.05, 3.63) is 11.3 Å². The lowest BCUT2D eigenvalue weighted by atomic mass is 9.96. The van der Waals surface area contributed by atoms with E-state index in [1.807, 2.05) is 0 Å². The molecule has 0 aromatic rings. The first-order chi connectivity index (χ1) is 13.1. The lowest BCUT2D eigenvalue weighted by Gasteiger charge is -2.36. The predicted octanol–water partition coefficient (Wildman–Crippen LogP) is 4.33. The fourth-order valence-corrected chi connectivity index (χ4v) is 4.76. The molecule has 5 nitrogen and oxygen atoms in total. The van der Waals surface area contributed by atoms with E-state index < -0.39 is 8.32 Å². The topological polar surface area (TPSA) is 55.8 Å². The SMILES string of the molecule is CCCC1CC(N2CCOCC2)=C(C(=O)CCCO[Si](C)(C)C(C)(C)C)C1=O. The molecule has 0 radical (unpaired) electrons. The van der Waals surface area contributed by atoms with Gasteiger partial charge in [-0.2, -0.15) is 0 Å². The molecule has 1 aliphatic heterocycles. The largest absolute Gasteiger partial charge is 0.417 e. The minimum atomic E-state index is -1.80. The van der Waals surface area contributed by atoms with Gasteiger partial charge in [-0.1, -0.05) is 34.1 Å². The quantitative estimate of drug-likeness (QED) is 0.322. The van der Waals surface area contributed by atoms with Crippen LogP contribution in [-0.4, -0.2) is 57.7 Å². The fraction of sp³-hybridized carbons (Fsp3) is 0.818. The highest BCUT2D eigenvalue weighted by Crippen LogP contribution is 2.37. The number of allylic oxidation sites excluding steroid dienone is 2. The van der Waals surface area contributed by atoms with Crippen LogP contribution in [0.1, 0.15) is 59.8 Å². The molecular formula is C22H39NO4Si. The van der Waals surface area contributed by atoms with Crippen LogP contribution in [0.2, 0.25) is 18.1 Å². The lowest BCUT2D eigenvalue weighted by Crippen LogP contribution is -2.41. The van der Waals surface area contributed by atoms with Crippen LogP contribution in [0.25, 0.3) is 0 Å². The second kappa shape index (κ2) is 9.68. The molecule has 1 atom stereocenters. The number of rotatable bonds is 9. The van der Waals surface area contributed by atoms with Crippen molar-refractivity contribution in [3.8, 4) is 0 Å². The van der Waals surface area contributed by atoms with Gasteiger partial charge in [-0.3, -0.25) is 9.59 Å². The van der Waals surface area contributed by atoms with E-state index in [4.69, 9.17) is 9.16 Å². The van der Waals surface area contributed by atoms with Crippen LogP contribution in [0.5, 0.6) is 0 Å². The minimum absolute atomic E-state index is 0.00364. The number of carbonyl (C=O) groups excluding carboxylic acids is 2. The van der Waals surface area contributed by atoms with Gasteiger partial charge >= 0.3 is 0 Å². The van der Waals surface area contributed by atoms with E-state index in [-0.39, 0.29) is 22.5 Å². The summed E-state index contributed by atoms with van der Waals surface area (Å²) in [5.41, 5.74) is 1.45. The molecule has 6 heteroatoms. The summed E-state index contributed by atoms with van der Waals surface area (Å²) in [5.74, 6) is 0.0489. The van der Waals surface area contributed by atoms with Gasteiger partial charge in [0.15, 0.2) is 19.9 Å². The molecule has 1 fully saturated rings. The summed E-state index contributed by atoms with van der Waals surface area (Å²) in [6, 6.07) is 0. The van der Waals surface area contributed by atoms with Gasteiger partial charge in [-0.25, -0.2) is 0 Å². The summed E-state index contributed by atoms with van der Waals surface area (Å²) in [6.45, 7) is 16.7. The van der Waals surface area contributed by atoms with Gasteiger partial charge in [0.1, 0.15) is 0 Å². The molecule has 160 valence electrons. The predicted molar refractivity (Wildman–Crippen MR) is 115 cm³/mol. The highest BCUT2D eigenvalue weighted by molar-refractivity contribution is 6.74. The van der Waals surface area contributed by atoms with Gasteiger partial charge in [-0.15, -0.1) is 0 Å². The normalized spacial score (nSPS) is 21.6. The van der Waals surface area contributed by atoms with Crippen molar-refractivity contribution in [1.29, 1.82) is 0 Å². The third-order valence-corrected chi connectivity index (χ3v) is 11.0. The molecule has 0 saturated carbocycles. The number of hydrogen-bond acceptors (Lipinski definition) is 5. The van der Waals surface area contributed by atoms with Crippen molar-refractivity contribution < 1.29 is 18.8 Å². The van der Waals surface area contributed by atoms with E-state index in [9.17, 15) is 9.59 Å². The summed E-state index contributed by atoms with van der Waals surface area (Å²) in [6.07, 6.45) is 3.61. The number of ether oxygens (including phenoxy) is 1. The van der Waals surface area contributed by atoms with E-state index in [1.165, 1.54) is 0 Å². The van der Waals surface area contributed by atoms with Crippen LogP contribution in [0.4, 0.5) is 0 Å². The van der Waals surface area contributed by atoms with Gasteiger partial charge in [0.25, 0.3) is 0 Å². The standard InChI is InChI=1S/C22H39NO4Si/c1-7-9-17-16-18(23-11-14-26-15-12-23)20(21(17)25)19(24)10-8-13-27-28(5,6)22(2,3)4/h17H,7-16H2,1-6H3. The van der Waals surface area contributed by atoms with Crippen LogP contribution >= 0.6 is 0 Å². The Morgan fingerprint density at radius 3 is 2.46 bits per heavy atom. The summed E-state index contributed by atoms with van der Waals surface area (Å²) in [7, 11) is -1.80. The summed E-state index contributed by atoms with van der Waals surface area (Å²) in [4.78, 5) is 28.2. The number of hydrogen-bond donors (Lipinski definition) is 0. The molecular weight excluding hydrogens is 370 g/mol. The van der Waals surface area contributed by atoms with Crippen molar-refractivity contribution in [2.75, 3.05) is 32.9 Å². The zero-order chi connectivity index (χ0) is 20.9. The molecule has 1 saturated heterocycles. The Balaban J connectivity index is 2.01. The molecule has 28 heavy (non-hydrogen) atoms. The van der Waals surface area contributed by atoms with E-state index in [0.29, 0.717) is 44.7 Å². The number of ketones is 2. The molecule has 1 aliphatic carbocycles. The maximum Gasteiger partial charge on any atom is 0.191 e. The Kier molecular flexibility index (Phi) is 8.05. The van der Waals surface area contributed by atoms with Crippen molar-refractivity contribution in [2.45, 2.75) is 77.9 Å². The van der Waals surface area contributed by atoms with Crippen LogP contribution in [-0.2, 0) is 18.8 Å². The van der Waals surface area contributed by atoms with Gasteiger partial charge < -0.3 is 14.1 Å². The zero-order valence-electron chi connectivity index (χ0n) is 18.7. The van der Waals surface area contributed by atoms with Crippen LogP contribution in [0, 0.1) is 5.92 Å².